The summed E-state index contributed by atoms with van der Waals surface area (Å²) in [4.78, 5) is 0. The maximum absolute atomic E-state index is 13.0. The fourth-order valence-electron chi connectivity index (χ4n) is 1.88. The Balaban J connectivity index is 2.03. The number of alkyl halides is 2. The van der Waals surface area contributed by atoms with E-state index in [1.165, 1.54) is 11.3 Å². The van der Waals surface area contributed by atoms with E-state index in [9.17, 15) is 8.78 Å². The van der Waals surface area contributed by atoms with Crippen molar-refractivity contribution in [1.29, 1.82) is 0 Å². The third-order valence-electron chi connectivity index (χ3n) is 2.91. The second-order valence-corrected chi connectivity index (χ2v) is 5.44. The normalized spacial score (nSPS) is 23.2. The van der Waals surface area contributed by atoms with Crippen molar-refractivity contribution in [2.75, 3.05) is 0 Å². The first-order valence-electron chi connectivity index (χ1n) is 5.45. The third kappa shape index (κ3) is 2.55. The molecule has 1 unspecified atom stereocenters. The van der Waals surface area contributed by atoms with Gasteiger partial charge >= 0.3 is 0 Å². The number of nitrogens with zero attached hydrogens (tertiary/aromatic N) is 2. The monoisotopic (exact) mass is 247 g/mol. The molecule has 16 heavy (non-hydrogen) atoms. The molecule has 1 aliphatic carbocycles. The Bertz CT molecular complexity index is 355. The van der Waals surface area contributed by atoms with Gasteiger partial charge in [0, 0.05) is 18.8 Å². The minimum atomic E-state index is -2.48. The number of aromatic nitrogens is 2. The molecule has 1 saturated carbocycles. The molecule has 3 nitrogen and oxygen atoms in total. The lowest BCUT2D eigenvalue weighted by atomic mass is 9.87. The van der Waals surface area contributed by atoms with Crippen LogP contribution in [0.4, 0.5) is 8.78 Å². The van der Waals surface area contributed by atoms with Crippen LogP contribution in [0.25, 0.3) is 0 Å². The van der Waals surface area contributed by atoms with Crippen LogP contribution >= 0.6 is 11.3 Å². The van der Waals surface area contributed by atoms with Gasteiger partial charge in [0.2, 0.25) is 5.92 Å². The number of halogens is 2. The zero-order valence-corrected chi connectivity index (χ0v) is 9.94. The van der Waals surface area contributed by atoms with Gasteiger partial charge < -0.3 is 5.73 Å². The van der Waals surface area contributed by atoms with Crippen molar-refractivity contribution in [3.05, 3.63) is 10.0 Å². The zero-order valence-electron chi connectivity index (χ0n) is 9.12. The molecular formula is C10H15F2N3S. The van der Waals surface area contributed by atoms with Gasteiger partial charge in [0.1, 0.15) is 10.0 Å². The van der Waals surface area contributed by atoms with E-state index in [1.807, 2.05) is 6.92 Å². The maximum atomic E-state index is 13.0. The Hall–Kier alpha value is -0.620. The minimum absolute atomic E-state index is 0.0369. The quantitative estimate of drug-likeness (QED) is 0.874. The Morgan fingerprint density at radius 3 is 2.50 bits per heavy atom. The summed E-state index contributed by atoms with van der Waals surface area (Å²) in [5.41, 5.74) is 5.69. The first-order chi connectivity index (χ1) is 7.48. The molecule has 0 spiro atoms. The molecule has 2 N–H and O–H groups in total. The van der Waals surface area contributed by atoms with E-state index >= 15 is 0 Å². The van der Waals surface area contributed by atoms with Gasteiger partial charge in [-0.05, 0) is 19.8 Å². The highest BCUT2D eigenvalue weighted by atomic mass is 32.1. The molecule has 0 radical (unpaired) electrons. The Morgan fingerprint density at radius 2 is 2.00 bits per heavy atom. The van der Waals surface area contributed by atoms with Crippen LogP contribution in [0.1, 0.15) is 54.6 Å². The molecule has 0 saturated heterocycles. The van der Waals surface area contributed by atoms with Crippen molar-refractivity contribution < 1.29 is 8.78 Å². The minimum Gasteiger partial charge on any atom is -0.322 e. The Labute approximate surface area is 97.1 Å². The average molecular weight is 247 g/mol. The van der Waals surface area contributed by atoms with Gasteiger partial charge in [-0.25, -0.2) is 8.78 Å². The molecule has 1 atom stereocenters. The molecule has 6 heteroatoms. The first kappa shape index (κ1) is 11.9. The molecule has 0 aromatic carbocycles. The smallest absolute Gasteiger partial charge is 0.248 e. The van der Waals surface area contributed by atoms with E-state index in [0.29, 0.717) is 12.8 Å². The maximum Gasteiger partial charge on any atom is 0.248 e. The van der Waals surface area contributed by atoms with E-state index in [2.05, 4.69) is 10.2 Å². The number of hydrogen-bond acceptors (Lipinski definition) is 4. The van der Waals surface area contributed by atoms with Crippen LogP contribution in [0.2, 0.25) is 0 Å². The van der Waals surface area contributed by atoms with Gasteiger partial charge in [0.25, 0.3) is 0 Å². The van der Waals surface area contributed by atoms with Crippen LogP contribution in [0.3, 0.4) is 0 Å². The molecule has 0 aliphatic heterocycles. The average Bonchev–Trinajstić information content (AvgIpc) is 2.66. The van der Waals surface area contributed by atoms with Crippen molar-refractivity contribution in [2.45, 2.75) is 50.5 Å². The standard InChI is InChI=1S/C10H15F2N3S/c1-6(13)8-14-15-9(16-8)7-2-4-10(11,12)5-3-7/h6-7H,2-5,13H2,1H3. The summed E-state index contributed by atoms with van der Waals surface area (Å²) in [5.74, 6) is -2.34. The SMILES string of the molecule is CC(N)c1nnc(C2CCC(F)(F)CC2)s1. The molecule has 1 aromatic heterocycles. The molecule has 90 valence electrons. The molecule has 1 heterocycles. The van der Waals surface area contributed by atoms with Gasteiger partial charge in [0.05, 0.1) is 6.04 Å². The lowest BCUT2D eigenvalue weighted by Crippen LogP contribution is -2.23. The molecule has 0 bridgehead atoms. The van der Waals surface area contributed by atoms with E-state index in [4.69, 9.17) is 5.73 Å². The van der Waals surface area contributed by atoms with Crippen molar-refractivity contribution in [2.24, 2.45) is 5.73 Å². The lowest BCUT2D eigenvalue weighted by Gasteiger charge is -2.26. The summed E-state index contributed by atoms with van der Waals surface area (Å²) in [5, 5.41) is 9.68. The summed E-state index contributed by atoms with van der Waals surface area (Å²) < 4.78 is 25.9. The summed E-state index contributed by atoms with van der Waals surface area (Å²) in [6, 6.07) is -0.128. The number of hydrogen-bond donors (Lipinski definition) is 1. The van der Waals surface area contributed by atoms with Crippen molar-refractivity contribution in [1.82, 2.24) is 10.2 Å². The fraction of sp³-hybridized carbons (Fsp3) is 0.800. The molecule has 2 rings (SSSR count). The van der Waals surface area contributed by atoms with Crippen LogP contribution in [0, 0.1) is 0 Å². The van der Waals surface area contributed by atoms with Crippen molar-refractivity contribution in [3.63, 3.8) is 0 Å². The molecule has 1 fully saturated rings. The molecule has 1 aromatic rings. The highest BCUT2D eigenvalue weighted by Crippen LogP contribution is 2.41. The van der Waals surface area contributed by atoms with E-state index in [0.717, 1.165) is 10.0 Å². The topological polar surface area (TPSA) is 51.8 Å². The predicted molar refractivity (Wildman–Crippen MR) is 58.7 cm³/mol. The molecule has 1 aliphatic rings. The molecular weight excluding hydrogens is 232 g/mol. The largest absolute Gasteiger partial charge is 0.322 e. The Morgan fingerprint density at radius 1 is 1.38 bits per heavy atom. The fourth-order valence-corrected chi connectivity index (χ4v) is 2.85. The Kier molecular flexibility index (Phi) is 3.21. The summed E-state index contributed by atoms with van der Waals surface area (Å²) in [7, 11) is 0. The molecule has 0 amide bonds. The van der Waals surface area contributed by atoms with Gasteiger partial charge in [0.15, 0.2) is 0 Å². The van der Waals surface area contributed by atoms with Crippen LogP contribution in [0.15, 0.2) is 0 Å². The van der Waals surface area contributed by atoms with Crippen LogP contribution in [-0.4, -0.2) is 16.1 Å². The van der Waals surface area contributed by atoms with Gasteiger partial charge in [-0.3, -0.25) is 0 Å². The van der Waals surface area contributed by atoms with Gasteiger partial charge in [-0.15, -0.1) is 10.2 Å². The highest BCUT2D eigenvalue weighted by molar-refractivity contribution is 7.11. The lowest BCUT2D eigenvalue weighted by molar-refractivity contribution is -0.0382. The van der Waals surface area contributed by atoms with Crippen LogP contribution < -0.4 is 5.73 Å². The van der Waals surface area contributed by atoms with E-state index < -0.39 is 5.92 Å². The van der Waals surface area contributed by atoms with Crippen LogP contribution in [-0.2, 0) is 0 Å². The second-order valence-electron chi connectivity index (χ2n) is 4.40. The number of nitrogens with two attached hydrogens (primary N) is 1. The van der Waals surface area contributed by atoms with Crippen molar-refractivity contribution in [3.8, 4) is 0 Å². The van der Waals surface area contributed by atoms with Gasteiger partial charge in [-0.2, -0.15) is 0 Å². The van der Waals surface area contributed by atoms with E-state index in [1.54, 1.807) is 0 Å². The zero-order chi connectivity index (χ0) is 11.8. The first-order valence-corrected chi connectivity index (χ1v) is 6.26. The summed E-state index contributed by atoms with van der Waals surface area (Å²) in [6.45, 7) is 1.85. The van der Waals surface area contributed by atoms with Crippen LogP contribution in [0.5, 0.6) is 0 Å². The number of rotatable bonds is 2. The van der Waals surface area contributed by atoms with Crippen molar-refractivity contribution >= 4 is 11.3 Å². The highest BCUT2D eigenvalue weighted by Gasteiger charge is 2.36. The summed E-state index contributed by atoms with van der Waals surface area (Å²) in [6.07, 6.45) is 0.927. The third-order valence-corrected chi connectivity index (χ3v) is 4.20. The van der Waals surface area contributed by atoms with Gasteiger partial charge in [-0.1, -0.05) is 11.3 Å². The predicted octanol–water partition coefficient (Wildman–Crippen LogP) is 2.85. The summed E-state index contributed by atoms with van der Waals surface area (Å²) >= 11 is 1.46. The van der Waals surface area contributed by atoms with E-state index in [-0.39, 0.29) is 24.8 Å². The second kappa shape index (κ2) is 4.33.